The number of rotatable bonds is 11. The first-order valence-corrected chi connectivity index (χ1v) is 13.8. The van der Waals surface area contributed by atoms with Gasteiger partial charge in [0.1, 0.15) is 6.10 Å². The predicted octanol–water partition coefficient (Wildman–Crippen LogP) is 5.50. The molecule has 2 aromatic carbocycles. The Kier molecular flexibility index (Phi) is 11.3. The Hall–Kier alpha value is -2.96. The van der Waals surface area contributed by atoms with Crippen molar-refractivity contribution in [2.45, 2.75) is 64.4 Å². The highest BCUT2D eigenvalue weighted by Gasteiger charge is 2.31. The fourth-order valence-electron chi connectivity index (χ4n) is 4.65. The van der Waals surface area contributed by atoms with E-state index in [2.05, 4.69) is 10.6 Å². The second-order valence-electron chi connectivity index (χ2n) is 10.1. The number of hydrogen-bond acceptors (Lipinski definition) is 5. The maximum Gasteiger partial charge on any atom is 0.390 e. The van der Waals surface area contributed by atoms with E-state index in [0.717, 1.165) is 12.5 Å². The lowest BCUT2D eigenvalue weighted by molar-refractivity contribution is -0.138. The van der Waals surface area contributed by atoms with Gasteiger partial charge in [-0.25, -0.2) is 8.78 Å². The second-order valence-corrected chi connectivity index (χ2v) is 10.5. The zero-order chi connectivity index (χ0) is 30.3. The molecule has 1 unspecified atom stereocenters. The molecule has 41 heavy (non-hydrogen) atoms. The third-order valence-corrected chi connectivity index (χ3v) is 7.17. The Morgan fingerprint density at radius 2 is 1.88 bits per heavy atom. The molecule has 1 saturated heterocycles. The van der Waals surface area contributed by atoms with Gasteiger partial charge in [-0.2, -0.15) is 13.2 Å². The van der Waals surface area contributed by atoms with E-state index in [0.29, 0.717) is 36.8 Å². The number of hydrogen-bond donors (Lipinski definition) is 3. The number of amides is 2. The average molecular weight is 605 g/mol. The maximum atomic E-state index is 14.9. The highest BCUT2D eigenvalue weighted by Crippen LogP contribution is 2.33. The van der Waals surface area contributed by atoms with E-state index in [4.69, 9.17) is 11.6 Å². The van der Waals surface area contributed by atoms with Crippen LogP contribution < -0.4 is 15.5 Å². The number of nitrogens with zero attached hydrogens (tertiary/aromatic N) is 2. The highest BCUT2D eigenvalue weighted by molar-refractivity contribution is 6.31. The van der Waals surface area contributed by atoms with Crippen LogP contribution in [0.25, 0.3) is 0 Å². The lowest BCUT2D eigenvalue weighted by Crippen LogP contribution is -2.52. The van der Waals surface area contributed by atoms with Crippen LogP contribution in [0.15, 0.2) is 30.3 Å². The van der Waals surface area contributed by atoms with Crippen LogP contribution in [0.1, 0.15) is 55.5 Å². The molecule has 0 bridgehead atoms. The molecule has 3 N–H and O–H groups in total. The van der Waals surface area contributed by atoms with Gasteiger partial charge in [-0.1, -0.05) is 37.4 Å². The SMILES string of the molecule is CCCCC(O)C(=O)NCc1ccc(C(=O)Nc2ccc(Cl)cc2N2CCN(CCC(F)(F)F)C[C@H]2C)c(F)c1F. The van der Waals surface area contributed by atoms with Gasteiger partial charge in [0.15, 0.2) is 11.6 Å². The fraction of sp³-hybridized carbons (Fsp3) is 0.500. The molecule has 2 aromatic rings. The topological polar surface area (TPSA) is 84.9 Å². The first kappa shape index (κ1) is 32.6. The third kappa shape index (κ3) is 9.01. The van der Waals surface area contributed by atoms with Crippen LogP contribution >= 0.6 is 11.6 Å². The number of anilines is 2. The number of aliphatic hydroxyl groups excluding tert-OH is 1. The lowest BCUT2D eigenvalue weighted by Gasteiger charge is -2.42. The van der Waals surface area contributed by atoms with E-state index in [-0.39, 0.29) is 36.8 Å². The number of benzene rings is 2. The van der Waals surface area contributed by atoms with Crippen molar-refractivity contribution in [3.05, 3.63) is 58.1 Å². The largest absolute Gasteiger partial charge is 0.390 e. The molecule has 0 saturated carbocycles. The van der Waals surface area contributed by atoms with Crippen molar-refractivity contribution >= 4 is 34.8 Å². The summed E-state index contributed by atoms with van der Waals surface area (Å²) in [4.78, 5) is 28.6. The summed E-state index contributed by atoms with van der Waals surface area (Å²) in [6, 6.07) is 6.67. The van der Waals surface area contributed by atoms with Crippen LogP contribution in [0.3, 0.4) is 0 Å². The average Bonchev–Trinajstić information content (AvgIpc) is 2.91. The summed E-state index contributed by atoms with van der Waals surface area (Å²) < 4.78 is 67.7. The predicted molar refractivity (Wildman–Crippen MR) is 147 cm³/mol. The summed E-state index contributed by atoms with van der Waals surface area (Å²) in [7, 11) is 0. The van der Waals surface area contributed by atoms with Crippen LogP contribution in [0.5, 0.6) is 0 Å². The van der Waals surface area contributed by atoms with Crippen molar-refractivity contribution in [2.24, 2.45) is 0 Å². The molecule has 2 atom stereocenters. The number of unbranched alkanes of at least 4 members (excludes halogenated alkanes) is 1. The van der Waals surface area contributed by atoms with Gasteiger partial charge in [0, 0.05) is 49.4 Å². The monoisotopic (exact) mass is 604 g/mol. The molecule has 0 aromatic heterocycles. The molecule has 3 rings (SSSR count). The van der Waals surface area contributed by atoms with Gasteiger partial charge in [0.05, 0.1) is 23.4 Å². The molecule has 1 aliphatic rings. The van der Waals surface area contributed by atoms with E-state index < -0.39 is 47.7 Å². The molecule has 226 valence electrons. The minimum Gasteiger partial charge on any atom is -0.383 e. The van der Waals surface area contributed by atoms with Crippen molar-refractivity contribution in [3.8, 4) is 0 Å². The normalized spacial score (nSPS) is 16.9. The van der Waals surface area contributed by atoms with E-state index in [1.807, 2.05) is 18.7 Å². The van der Waals surface area contributed by atoms with Gasteiger partial charge in [-0.15, -0.1) is 0 Å². The number of halogens is 6. The molecule has 0 spiro atoms. The standard InChI is InChI=1S/C28H34ClF5N4O3/c1-3-4-5-23(39)27(41)35-15-18-6-8-20(25(31)24(18)30)26(40)36-21-9-7-19(29)14-22(21)38-13-12-37(16-17(38)2)11-10-28(32,33)34/h6-9,14,17,23,39H,3-5,10-13,15-16H2,1-2H3,(H,35,41)(H,36,40)/t17-,23?/m1/s1. The van der Waals surface area contributed by atoms with Gasteiger partial charge < -0.3 is 20.6 Å². The van der Waals surface area contributed by atoms with Crippen molar-refractivity contribution in [2.75, 3.05) is 36.4 Å². The number of carbonyl (C=O) groups excluding carboxylic acids is 2. The number of carbonyl (C=O) groups is 2. The van der Waals surface area contributed by atoms with Gasteiger partial charge >= 0.3 is 6.18 Å². The Morgan fingerprint density at radius 3 is 2.54 bits per heavy atom. The molecular formula is C28H34ClF5N4O3. The summed E-state index contributed by atoms with van der Waals surface area (Å²) in [5, 5.41) is 15.1. The van der Waals surface area contributed by atoms with Gasteiger partial charge in [-0.3, -0.25) is 14.5 Å². The molecule has 13 heteroatoms. The van der Waals surface area contributed by atoms with Gasteiger partial charge in [-0.05, 0) is 37.6 Å². The number of nitrogens with one attached hydrogen (secondary N) is 2. The number of aliphatic hydroxyl groups is 1. The van der Waals surface area contributed by atoms with Crippen LogP contribution in [0.2, 0.25) is 5.02 Å². The van der Waals surface area contributed by atoms with Crippen LogP contribution in [0.4, 0.5) is 33.3 Å². The zero-order valence-electron chi connectivity index (χ0n) is 22.8. The summed E-state index contributed by atoms with van der Waals surface area (Å²) in [6.07, 6.45) is -4.75. The van der Waals surface area contributed by atoms with E-state index in [1.54, 1.807) is 11.0 Å². The Morgan fingerprint density at radius 1 is 1.15 bits per heavy atom. The number of piperazine rings is 1. The summed E-state index contributed by atoms with van der Waals surface area (Å²) >= 11 is 6.20. The van der Waals surface area contributed by atoms with Crippen molar-refractivity contribution in [1.82, 2.24) is 10.2 Å². The van der Waals surface area contributed by atoms with Crippen LogP contribution in [0, 0.1) is 11.6 Å². The molecule has 2 amide bonds. The highest BCUT2D eigenvalue weighted by atomic mass is 35.5. The Bertz CT molecular complexity index is 1230. The lowest BCUT2D eigenvalue weighted by atomic mass is 10.1. The minimum absolute atomic E-state index is 0.120. The summed E-state index contributed by atoms with van der Waals surface area (Å²) in [5.74, 6) is -4.33. The minimum atomic E-state index is -4.25. The quantitative estimate of drug-likeness (QED) is 0.295. The smallest absolute Gasteiger partial charge is 0.383 e. The molecule has 7 nitrogen and oxygen atoms in total. The van der Waals surface area contributed by atoms with Crippen LogP contribution in [-0.2, 0) is 11.3 Å². The van der Waals surface area contributed by atoms with Crippen molar-refractivity contribution in [1.29, 1.82) is 0 Å². The number of alkyl halides is 3. The van der Waals surface area contributed by atoms with Gasteiger partial charge in [0.25, 0.3) is 5.91 Å². The Labute approximate surface area is 240 Å². The maximum absolute atomic E-state index is 14.9. The van der Waals surface area contributed by atoms with Crippen LogP contribution in [-0.4, -0.2) is 66.3 Å². The summed E-state index contributed by atoms with van der Waals surface area (Å²) in [6.45, 7) is 4.31. The molecular weight excluding hydrogens is 571 g/mol. The first-order valence-electron chi connectivity index (χ1n) is 13.4. The van der Waals surface area contributed by atoms with E-state index in [9.17, 15) is 36.6 Å². The molecule has 1 fully saturated rings. The summed E-state index contributed by atoms with van der Waals surface area (Å²) in [5.41, 5.74) is 0.00818. The van der Waals surface area contributed by atoms with Gasteiger partial charge in [0.2, 0.25) is 5.91 Å². The fourth-order valence-corrected chi connectivity index (χ4v) is 4.81. The molecule has 0 aliphatic carbocycles. The molecule has 1 heterocycles. The molecule has 0 radical (unpaired) electrons. The Balaban J connectivity index is 1.71. The van der Waals surface area contributed by atoms with E-state index >= 15 is 0 Å². The third-order valence-electron chi connectivity index (χ3n) is 6.93. The van der Waals surface area contributed by atoms with E-state index in [1.165, 1.54) is 18.2 Å². The first-order chi connectivity index (χ1) is 19.3. The second kappa shape index (κ2) is 14.3. The van der Waals surface area contributed by atoms with Crippen molar-refractivity contribution in [3.63, 3.8) is 0 Å². The zero-order valence-corrected chi connectivity index (χ0v) is 23.6. The van der Waals surface area contributed by atoms with Crippen molar-refractivity contribution < 1.29 is 36.6 Å². The molecule has 1 aliphatic heterocycles.